The predicted octanol–water partition coefficient (Wildman–Crippen LogP) is 6.14. The Balaban J connectivity index is 1.01. The normalized spacial score (nSPS) is 21.6. The number of hydrogen-bond acceptors (Lipinski definition) is 5. The van der Waals surface area contributed by atoms with Crippen LogP contribution in [0.4, 0.5) is 4.79 Å². The highest BCUT2D eigenvalue weighted by Gasteiger charge is 2.44. The van der Waals surface area contributed by atoms with Gasteiger partial charge in [0.15, 0.2) is 0 Å². The van der Waals surface area contributed by atoms with Gasteiger partial charge in [-0.3, -0.25) is 4.90 Å². The van der Waals surface area contributed by atoms with Gasteiger partial charge >= 0.3 is 6.03 Å². The zero-order valence-corrected chi connectivity index (χ0v) is 23.7. The minimum absolute atomic E-state index is 0.169. The highest BCUT2D eigenvalue weighted by Crippen LogP contribution is 2.34. The molecule has 4 heterocycles. The van der Waals surface area contributed by atoms with Gasteiger partial charge in [0, 0.05) is 36.8 Å². The van der Waals surface area contributed by atoms with Gasteiger partial charge in [-0.1, -0.05) is 67.4 Å². The summed E-state index contributed by atoms with van der Waals surface area (Å²) in [7, 11) is 0. The average Bonchev–Trinajstić information content (AvgIpc) is 3.63. The molecule has 1 aliphatic carbocycles. The van der Waals surface area contributed by atoms with Crippen LogP contribution in [0.15, 0.2) is 73.1 Å². The first-order valence-electron chi connectivity index (χ1n) is 15.3. The summed E-state index contributed by atoms with van der Waals surface area (Å²) in [5.74, 6) is 0. The van der Waals surface area contributed by atoms with Crippen molar-refractivity contribution < 1.29 is 4.79 Å². The van der Waals surface area contributed by atoms with Gasteiger partial charge in [0.05, 0.1) is 45.5 Å². The van der Waals surface area contributed by atoms with E-state index in [-0.39, 0.29) is 6.03 Å². The lowest BCUT2D eigenvalue weighted by atomic mass is 9.89. The first-order valence-corrected chi connectivity index (χ1v) is 15.3. The predicted molar refractivity (Wildman–Crippen MR) is 165 cm³/mol. The number of hydrogen-bond donors (Lipinski definition) is 2. The van der Waals surface area contributed by atoms with Gasteiger partial charge in [-0.2, -0.15) is 0 Å². The van der Waals surface area contributed by atoms with E-state index in [9.17, 15) is 4.79 Å². The fourth-order valence-corrected chi connectivity index (χ4v) is 7.33. The number of carbonyl (C=O) groups is 1. The molecule has 3 fully saturated rings. The summed E-state index contributed by atoms with van der Waals surface area (Å²) in [5.41, 5.74) is 8.90. The number of carbonyl (C=O) groups excluding carboxylic acids is 1. The van der Waals surface area contributed by atoms with Crippen LogP contribution in [-0.4, -0.2) is 67.0 Å². The molecule has 42 heavy (non-hydrogen) atoms. The van der Waals surface area contributed by atoms with Crippen LogP contribution in [0.25, 0.3) is 44.6 Å². The second-order valence-electron chi connectivity index (χ2n) is 12.1. The molecule has 8 nitrogen and oxygen atoms in total. The maximum Gasteiger partial charge on any atom is 0.318 e. The van der Waals surface area contributed by atoms with Crippen molar-refractivity contribution in [3.05, 3.63) is 78.6 Å². The SMILES string of the molecule is O=C1NC2CCCCC2N1C1CCN(Cc2ccc(-c3[nH]c4cc5ncnc5cc4nc3-c3ccccc3)cc2)CC1. The minimum atomic E-state index is 0.169. The number of urea groups is 1. The third kappa shape index (κ3) is 4.60. The van der Waals surface area contributed by atoms with E-state index < -0.39 is 0 Å². The standard InChI is InChI=1S/C34H35N7O/c42-34-39-26-8-4-5-9-31(26)41(34)25-14-16-40(17-15-25)20-22-10-12-24(13-11-22)33-32(23-6-2-1-3-7-23)37-29-18-27-28(36-21-35-27)19-30(29)38-33/h1-3,6-7,10-13,18-19,21,25-26,31,38H,4-5,8-9,14-17,20H2,(H,39,42). The maximum absolute atomic E-state index is 12.8. The molecule has 0 radical (unpaired) electrons. The van der Waals surface area contributed by atoms with Crippen molar-refractivity contribution in [3.63, 3.8) is 0 Å². The molecular weight excluding hydrogens is 522 g/mol. The molecule has 0 bridgehead atoms. The van der Waals surface area contributed by atoms with Gasteiger partial charge < -0.3 is 15.2 Å². The minimum Gasteiger partial charge on any atom is -0.351 e. The lowest BCUT2D eigenvalue weighted by Crippen LogP contribution is -2.49. The van der Waals surface area contributed by atoms with Crippen LogP contribution >= 0.6 is 0 Å². The number of piperidine rings is 1. The van der Waals surface area contributed by atoms with E-state index in [1.54, 1.807) is 6.33 Å². The third-order valence-corrected chi connectivity index (χ3v) is 9.49. The largest absolute Gasteiger partial charge is 0.351 e. The average molecular weight is 558 g/mol. The summed E-state index contributed by atoms with van der Waals surface area (Å²) < 4.78 is 0. The Labute approximate surface area is 245 Å². The van der Waals surface area contributed by atoms with E-state index >= 15 is 0 Å². The first kappa shape index (κ1) is 25.4. The molecule has 1 saturated carbocycles. The molecule has 3 aliphatic rings. The van der Waals surface area contributed by atoms with Crippen molar-refractivity contribution >= 4 is 28.1 Å². The van der Waals surface area contributed by atoms with E-state index in [0.29, 0.717) is 18.1 Å². The number of aromatic nitrogens is 4. The molecule has 2 aliphatic heterocycles. The number of nitrogens with zero attached hydrogens (tertiary/aromatic N) is 5. The van der Waals surface area contributed by atoms with Crippen LogP contribution in [-0.2, 0) is 6.54 Å². The number of H-pyrrole nitrogens is 1. The number of benzene rings is 3. The zero-order chi connectivity index (χ0) is 28.0. The number of fused-ring (bicyclic) bond motifs is 3. The number of likely N-dealkylation sites (tertiary alicyclic amines) is 1. The Bertz CT molecular complexity index is 1740. The lowest BCUT2D eigenvalue weighted by Gasteiger charge is -2.40. The molecule has 3 aromatic carbocycles. The fraction of sp³-hybridized carbons (Fsp3) is 0.353. The molecule has 2 aromatic heterocycles. The Morgan fingerprint density at radius 2 is 1.57 bits per heavy atom. The number of aromatic amines is 1. The van der Waals surface area contributed by atoms with Gasteiger partial charge in [0.1, 0.15) is 6.33 Å². The maximum atomic E-state index is 12.8. The molecule has 8 heteroatoms. The van der Waals surface area contributed by atoms with Crippen LogP contribution < -0.4 is 5.32 Å². The summed E-state index contributed by atoms with van der Waals surface area (Å²) in [6.45, 7) is 2.96. The molecule has 2 amide bonds. The van der Waals surface area contributed by atoms with Crippen LogP contribution in [0.5, 0.6) is 0 Å². The molecule has 2 unspecified atom stereocenters. The van der Waals surface area contributed by atoms with Crippen LogP contribution in [0.2, 0.25) is 0 Å². The summed E-state index contributed by atoms with van der Waals surface area (Å²) in [5, 5.41) is 3.26. The molecule has 2 saturated heterocycles. The van der Waals surface area contributed by atoms with Gasteiger partial charge in [-0.15, -0.1) is 0 Å². The topological polar surface area (TPSA) is 90.0 Å². The van der Waals surface area contributed by atoms with Gasteiger partial charge in [-0.25, -0.2) is 19.7 Å². The quantitative estimate of drug-likeness (QED) is 0.271. The molecule has 2 N–H and O–H groups in total. The fourth-order valence-electron chi connectivity index (χ4n) is 7.33. The molecule has 8 rings (SSSR count). The van der Waals surface area contributed by atoms with Crippen molar-refractivity contribution in [3.8, 4) is 22.5 Å². The molecule has 0 spiro atoms. The second-order valence-corrected chi connectivity index (χ2v) is 12.1. The van der Waals surface area contributed by atoms with E-state index in [1.165, 1.54) is 18.4 Å². The summed E-state index contributed by atoms with van der Waals surface area (Å²) in [4.78, 5) is 35.0. The van der Waals surface area contributed by atoms with Crippen molar-refractivity contribution in [2.45, 2.75) is 63.2 Å². The van der Waals surface area contributed by atoms with E-state index in [0.717, 1.165) is 89.9 Å². The van der Waals surface area contributed by atoms with Crippen molar-refractivity contribution in [2.75, 3.05) is 13.1 Å². The Hall–Kier alpha value is -4.30. The molecule has 212 valence electrons. The summed E-state index contributed by atoms with van der Waals surface area (Å²) >= 11 is 0. The van der Waals surface area contributed by atoms with E-state index in [1.807, 2.05) is 30.3 Å². The van der Waals surface area contributed by atoms with Crippen molar-refractivity contribution in [1.29, 1.82) is 0 Å². The summed E-state index contributed by atoms with van der Waals surface area (Å²) in [6, 6.07) is 24.5. The van der Waals surface area contributed by atoms with Crippen LogP contribution in [0, 0.1) is 0 Å². The number of rotatable bonds is 5. The third-order valence-electron chi connectivity index (χ3n) is 9.49. The van der Waals surface area contributed by atoms with E-state index in [4.69, 9.17) is 4.98 Å². The number of amides is 2. The zero-order valence-electron chi connectivity index (χ0n) is 23.7. The van der Waals surface area contributed by atoms with Gasteiger partial charge in [-0.05, 0) is 43.4 Å². The monoisotopic (exact) mass is 557 g/mol. The highest BCUT2D eigenvalue weighted by molar-refractivity contribution is 5.94. The van der Waals surface area contributed by atoms with Gasteiger partial charge in [0.2, 0.25) is 0 Å². The Morgan fingerprint density at radius 3 is 2.38 bits per heavy atom. The van der Waals surface area contributed by atoms with Crippen LogP contribution in [0.3, 0.4) is 0 Å². The second kappa shape index (κ2) is 10.5. The molecular formula is C34H35N7O. The van der Waals surface area contributed by atoms with E-state index in [2.05, 4.69) is 66.5 Å². The van der Waals surface area contributed by atoms with Gasteiger partial charge in [0.25, 0.3) is 0 Å². The molecule has 2 atom stereocenters. The van der Waals surface area contributed by atoms with Crippen LogP contribution in [0.1, 0.15) is 44.1 Å². The summed E-state index contributed by atoms with van der Waals surface area (Å²) in [6.07, 6.45) is 8.46. The smallest absolute Gasteiger partial charge is 0.318 e. The lowest BCUT2D eigenvalue weighted by molar-refractivity contribution is 0.0991. The Kier molecular flexibility index (Phi) is 6.36. The molecule has 5 aromatic rings. The highest BCUT2D eigenvalue weighted by atomic mass is 16.2. The number of imidazole rings is 1. The van der Waals surface area contributed by atoms with Crippen molar-refractivity contribution in [2.24, 2.45) is 0 Å². The first-order chi connectivity index (χ1) is 20.7. The Morgan fingerprint density at radius 1 is 0.810 bits per heavy atom. The number of nitrogens with one attached hydrogen (secondary N) is 2. The van der Waals surface area contributed by atoms with Crippen molar-refractivity contribution in [1.82, 2.24) is 35.1 Å².